The van der Waals surface area contributed by atoms with E-state index in [1.807, 2.05) is 0 Å². The van der Waals surface area contributed by atoms with Crippen LogP contribution in [-0.4, -0.2) is 35.1 Å². The van der Waals surface area contributed by atoms with E-state index in [1.165, 1.54) is 0 Å². The molecular formula is C12H17ClN4. The van der Waals surface area contributed by atoms with Gasteiger partial charge in [-0.2, -0.15) is 0 Å². The minimum Gasteiger partial charge on any atom is -0.349 e. The molecule has 2 fully saturated rings. The zero-order valence-corrected chi connectivity index (χ0v) is 10.9. The molecule has 3 rings (SSSR count). The van der Waals surface area contributed by atoms with Crippen molar-refractivity contribution in [2.75, 3.05) is 24.5 Å². The fourth-order valence-electron chi connectivity index (χ4n) is 3.29. The molecule has 2 atom stereocenters. The quantitative estimate of drug-likeness (QED) is 0.824. The largest absolute Gasteiger partial charge is 0.349 e. The monoisotopic (exact) mass is 252 g/mol. The maximum Gasteiger partial charge on any atom is 0.151 e. The molecule has 0 radical (unpaired) electrons. The molecule has 1 aromatic rings. The first-order valence-corrected chi connectivity index (χ1v) is 6.42. The van der Waals surface area contributed by atoms with Crippen LogP contribution in [0, 0.1) is 11.8 Å². The summed E-state index contributed by atoms with van der Waals surface area (Å²) in [6.45, 7) is 7.79. The van der Waals surface area contributed by atoms with Gasteiger partial charge in [0.25, 0.3) is 0 Å². The number of nitrogens with one attached hydrogen (secondary N) is 1. The average molecular weight is 253 g/mol. The molecule has 0 bridgehead atoms. The molecule has 2 aliphatic rings. The summed E-state index contributed by atoms with van der Waals surface area (Å²) in [6.07, 6.45) is 3.25. The topological polar surface area (TPSA) is 41.0 Å². The molecule has 4 nitrogen and oxygen atoms in total. The highest BCUT2D eigenvalue weighted by molar-refractivity contribution is 6.32. The summed E-state index contributed by atoms with van der Waals surface area (Å²) < 4.78 is 0. The molecule has 0 aliphatic carbocycles. The molecule has 0 saturated carbocycles. The van der Waals surface area contributed by atoms with Crippen molar-refractivity contribution in [2.24, 2.45) is 11.8 Å². The fraction of sp³-hybridized carbons (Fsp3) is 0.667. The standard InChI is InChI=1S/C12H17ClN4/c1-12(2)9-4-14-3-8(9)6-17(12)11-10(13)5-15-7-16-11/h5,7-9,14H,3-4,6H2,1-2H3. The van der Waals surface area contributed by atoms with Crippen molar-refractivity contribution in [1.82, 2.24) is 15.3 Å². The molecule has 5 heteroatoms. The number of hydrogen-bond donors (Lipinski definition) is 1. The second kappa shape index (κ2) is 3.82. The molecule has 2 saturated heterocycles. The third kappa shape index (κ3) is 1.62. The molecule has 2 unspecified atom stereocenters. The average Bonchev–Trinajstić information content (AvgIpc) is 2.83. The normalized spacial score (nSPS) is 30.6. The second-order valence-electron chi connectivity index (χ2n) is 5.48. The van der Waals surface area contributed by atoms with Crippen LogP contribution in [0.1, 0.15) is 13.8 Å². The van der Waals surface area contributed by atoms with Crippen LogP contribution in [0.25, 0.3) is 0 Å². The number of fused-ring (bicyclic) bond motifs is 1. The van der Waals surface area contributed by atoms with Gasteiger partial charge in [0.1, 0.15) is 11.3 Å². The number of nitrogens with zero attached hydrogens (tertiary/aromatic N) is 3. The van der Waals surface area contributed by atoms with Crippen molar-refractivity contribution in [3.05, 3.63) is 17.5 Å². The Labute approximate surface area is 106 Å². The van der Waals surface area contributed by atoms with Crippen molar-refractivity contribution in [3.63, 3.8) is 0 Å². The minimum atomic E-state index is 0.103. The van der Waals surface area contributed by atoms with E-state index in [-0.39, 0.29) is 5.54 Å². The molecule has 0 amide bonds. The van der Waals surface area contributed by atoms with Gasteiger partial charge in [0.2, 0.25) is 0 Å². The molecular weight excluding hydrogens is 236 g/mol. The number of aromatic nitrogens is 2. The van der Waals surface area contributed by atoms with Crippen molar-refractivity contribution >= 4 is 17.4 Å². The summed E-state index contributed by atoms with van der Waals surface area (Å²) in [4.78, 5) is 10.6. The van der Waals surface area contributed by atoms with Crippen LogP contribution in [0.2, 0.25) is 5.02 Å². The smallest absolute Gasteiger partial charge is 0.151 e. The maximum absolute atomic E-state index is 6.21. The maximum atomic E-state index is 6.21. The summed E-state index contributed by atoms with van der Waals surface area (Å²) in [7, 11) is 0. The zero-order chi connectivity index (χ0) is 12.0. The van der Waals surface area contributed by atoms with Crippen molar-refractivity contribution in [1.29, 1.82) is 0 Å². The van der Waals surface area contributed by atoms with Crippen LogP contribution < -0.4 is 10.2 Å². The Kier molecular flexibility index (Phi) is 2.52. The molecule has 0 aromatic carbocycles. The highest BCUT2D eigenvalue weighted by Gasteiger charge is 2.50. The van der Waals surface area contributed by atoms with Gasteiger partial charge >= 0.3 is 0 Å². The van der Waals surface area contributed by atoms with Crippen molar-refractivity contribution in [3.8, 4) is 0 Å². The Morgan fingerprint density at radius 1 is 1.47 bits per heavy atom. The zero-order valence-electron chi connectivity index (χ0n) is 10.2. The lowest BCUT2D eigenvalue weighted by Gasteiger charge is -2.36. The van der Waals surface area contributed by atoms with Crippen molar-refractivity contribution < 1.29 is 0 Å². The number of anilines is 1. The van der Waals surface area contributed by atoms with Gasteiger partial charge in [-0.1, -0.05) is 11.6 Å². The van der Waals surface area contributed by atoms with Crippen LogP contribution in [0.15, 0.2) is 12.5 Å². The summed E-state index contributed by atoms with van der Waals surface area (Å²) in [5.74, 6) is 2.26. The van der Waals surface area contributed by atoms with E-state index in [9.17, 15) is 0 Å². The molecule has 1 N–H and O–H groups in total. The Morgan fingerprint density at radius 2 is 2.29 bits per heavy atom. The summed E-state index contributed by atoms with van der Waals surface area (Å²) >= 11 is 6.21. The molecule has 3 heterocycles. The van der Waals surface area contributed by atoms with E-state index in [0.29, 0.717) is 16.9 Å². The van der Waals surface area contributed by atoms with E-state index in [4.69, 9.17) is 11.6 Å². The van der Waals surface area contributed by atoms with Crippen LogP contribution in [0.5, 0.6) is 0 Å². The van der Waals surface area contributed by atoms with Gasteiger partial charge in [-0.25, -0.2) is 9.97 Å². The summed E-state index contributed by atoms with van der Waals surface area (Å²) in [5, 5.41) is 4.12. The van der Waals surface area contributed by atoms with Crippen LogP contribution in [-0.2, 0) is 0 Å². The molecule has 2 aliphatic heterocycles. The lowest BCUT2D eigenvalue weighted by molar-refractivity contribution is 0.356. The number of hydrogen-bond acceptors (Lipinski definition) is 4. The van der Waals surface area contributed by atoms with E-state index < -0.39 is 0 Å². The Bertz CT molecular complexity index is 434. The predicted molar refractivity (Wildman–Crippen MR) is 68.3 cm³/mol. The van der Waals surface area contributed by atoms with Gasteiger partial charge in [0.15, 0.2) is 5.82 Å². The number of halogens is 1. The van der Waals surface area contributed by atoms with Gasteiger partial charge in [0, 0.05) is 25.2 Å². The van der Waals surface area contributed by atoms with E-state index >= 15 is 0 Å². The first kappa shape index (κ1) is 11.2. The van der Waals surface area contributed by atoms with Crippen LogP contribution in [0.3, 0.4) is 0 Å². The molecule has 17 heavy (non-hydrogen) atoms. The SMILES string of the molecule is CC1(C)C2CNCC2CN1c1ncncc1Cl. The second-order valence-corrected chi connectivity index (χ2v) is 5.89. The Balaban J connectivity index is 1.97. The van der Waals surface area contributed by atoms with E-state index in [2.05, 4.69) is 34.0 Å². The fourth-order valence-corrected chi connectivity index (χ4v) is 3.49. The van der Waals surface area contributed by atoms with Gasteiger partial charge in [-0.3, -0.25) is 0 Å². The first-order valence-electron chi connectivity index (χ1n) is 6.04. The molecule has 1 aromatic heterocycles. The lowest BCUT2D eigenvalue weighted by atomic mass is 9.85. The summed E-state index contributed by atoms with van der Waals surface area (Å²) in [6, 6.07) is 0. The van der Waals surface area contributed by atoms with Gasteiger partial charge < -0.3 is 10.2 Å². The minimum absolute atomic E-state index is 0.103. The highest BCUT2D eigenvalue weighted by atomic mass is 35.5. The third-order valence-electron chi connectivity index (χ3n) is 4.26. The molecule has 92 valence electrons. The van der Waals surface area contributed by atoms with Gasteiger partial charge in [-0.15, -0.1) is 0 Å². The number of rotatable bonds is 1. The Morgan fingerprint density at radius 3 is 3.00 bits per heavy atom. The van der Waals surface area contributed by atoms with E-state index in [0.717, 1.165) is 25.5 Å². The van der Waals surface area contributed by atoms with Crippen molar-refractivity contribution in [2.45, 2.75) is 19.4 Å². The summed E-state index contributed by atoms with van der Waals surface area (Å²) in [5.41, 5.74) is 0.103. The van der Waals surface area contributed by atoms with E-state index in [1.54, 1.807) is 12.5 Å². The first-order chi connectivity index (χ1) is 8.10. The predicted octanol–water partition coefficient (Wildman–Crippen LogP) is 1.56. The van der Waals surface area contributed by atoms with Crippen LogP contribution in [0.4, 0.5) is 5.82 Å². The van der Waals surface area contributed by atoms with Gasteiger partial charge in [0.05, 0.1) is 6.20 Å². The Hall–Kier alpha value is -0.870. The molecule has 0 spiro atoms. The van der Waals surface area contributed by atoms with Crippen LogP contribution >= 0.6 is 11.6 Å². The third-order valence-corrected chi connectivity index (χ3v) is 4.53. The highest BCUT2D eigenvalue weighted by Crippen LogP contribution is 2.43. The lowest BCUT2D eigenvalue weighted by Crippen LogP contribution is -2.45. The van der Waals surface area contributed by atoms with Gasteiger partial charge in [-0.05, 0) is 25.7 Å².